The lowest BCUT2D eigenvalue weighted by Crippen LogP contribution is -2.24. The van der Waals surface area contributed by atoms with Gasteiger partial charge in [0.2, 0.25) is 5.13 Å². The van der Waals surface area contributed by atoms with E-state index in [9.17, 15) is 4.79 Å². The number of nitrogens with two attached hydrogens (primary N) is 1. The summed E-state index contributed by atoms with van der Waals surface area (Å²) in [6, 6.07) is 14.7. The van der Waals surface area contributed by atoms with E-state index >= 15 is 0 Å². The highest BCUT2D eigenvalue weighted by atomic mass is 79.9. The van der Waals surface area contributed by atoms with Gasteiger partial charge in [0, 0.05) is 33.0 Å². The number of hydrogen-bond donors (Lipinski definition) is 3. The fraction of sp³-hybridized carbons (Fsp3) is 0.240. The smallest absolute Gasteiger partial charge is 0.203 e. The Morgan fingerprint density at radius 2 is 1.59 bits per heavy atom. The van der Waals surface area contributed by atoms with Gasteiger partial charge in [-0.15, -0.1) is 11.3 Å². The molecule has 37 heavy (non-hydrogen) atoms. The first-order valence-corrected chi connectivity index (χ1v) is 13.6. The van der Waals surface area contributed by atoms with Crippen molar-refractivity contribution >= 4 is 90.1 Å². The number of hydrogen-bond acceptors (Lipinski definition) is 7. The molecule has 0 amide bonds. The molecule has 0 aliphatic heterocycles. The molecule has 0 saturated heterocycles. The monoisotopic (exact) mass is 644 g/mol. The Morgan fingerprint density at radius 3 is 2.08 bits per heavy atom. The SMILES string of the molecule is C.CC(C)=NNC(N)=S.CC(C)=NNc1nc(-c2ccccc2Cl)cs1.O=C(CBr)c1ccccc1Cl. The van der Waals surface area contributed by atoms with Crippen molar-refractivity contribution in [3.8, 4) is 11.3 Å². The van der Waals surface area contributed by atoms with E-state index in [2.05, 4.69) is 54.2 Å². The van der Waals surface area contributed by atoms with Crippen LogP contribution in [0.25, 0.3) is 11.3 Å². The molecule has 0 spiro atoms. The van der Waals surface area contributed by atoms with E-state index < -0.39 is 0 Å². The normalized spacial score (nSPS) is 9.16. The molecule has 12 heteroatoms. The quantitative estimate of drug-likeness (QED) is 0.0824. The highest BCUT2D eigenvalue weighted by molar-refractivity contribution is 9.09. The number of alkyl halides is 1. The van der Waals surface area contributed by atoms with Crippen molar-refractivity contribution in [2.75, 3.05) is 10.8 Å². The summed E-state index contributed by atoms with van der Waals surface area (Å²) >= 11 is 20.9. The molecule has 1 aromatic heterocycles. The van der Waals surface area contributed by atoms with Crippen LogP contribution in [-0.2, 0) is 0 Å². The van der Waals surface area contributed by atoms with Crippen LogP contribution in [0.2, 0.25) is 10.0 Å². The van der Waals surface area contributed by atoms with Crippen LogP contribution in [0.5, 0.6) is 0 Å². The number of thiocarbonyl (C=S) groups is 1. The minimum Gasteiger partial charge on any atom is -0.375 e. The number of Topliss-reactive ketones (excluding diaryl/α,β-unsaturated/α-hetero) is 1. The maximum atomic E-state index is 11.1. The van der Waals surface area contributed by atoms with Crippen molar-refractivity contribution in [1.82, 2.24) is 10.4 Å². The first-order chi connectivity index (χ1) is 17.0. The zero-order valence-corrected chi connectivity index (χ0v) is 24.9. The largest absolute Gasteiger partial charge is 0.375 e. The number of nitrogens with zero attached hydrogens (tertiary/aromatic N) is 3. The van der Waals surface area contributed by atoms with Gasteiger partial charge in [-0.05, 0) is 58.1 Å². The van der Waals surface area contributed by atoms with E-state index in [0.29, 0.717) is 20.9 Å². The Bertz CT molecular complexity index is 1210. The lowest BCUT2D eigenvalue weighted by Gasteiger charge is -1.99. The predicted molar refractivity (Wildman–Crippen MR) is 170 cm³/mol. The van der Waals surface area contributed by atoms with E-state index in [1.807, 2.05) is 57.3 Å². The van der Waals surface area contributed by atoms with E-state index in [-0.39, 0.29) is 18.3 Å². The summed E-state index contributed by atoms with van der Waals surface area (Å²) in [6.07, 6.45) is 0. The molecule has 0 radical (unpaired) electrons. The van der Waals surface area contributed by atoms with Gasteiger partial charge < -0.3 is 5.73 Å². The topological polar surface area (TPSA) is 105 Å². The molecule has 0 saturated carbocycles. The van der Waals surface area contributed by atoms with E-state index in [1.54, 1.807) is 24.3 Å². The number of rotatable bonds is 6. The zero-order valence-electron chi connectivity index (χ0n) is 20.2. The number of benzene rings is 2. The lowest BCUT2D eigenvalue weighted by molar-refractivity contribution is 0.102. The maximum Gasteiger partial charge on any atom is 0.203 e. The summed E-state index contributed by atoms with van der Waals surface area (Å²) < 4.78 is 0. The average Bonchev–Trinajstić information content (AvgIpc) is 3.31. The molecular weight excluding hydrogens is 615 g/mol. The van der Waals surface area contributed by atoms with Crippen LogP contribution in [-0.4, -0.2) is 32.6 Å². The fourth-order valence-corrected chi connectivity index (χ4v) is 3.68. The van der Waals surface area contributed by atoms with Crippen molar-refractivity contribution in [3.05, 3.63) is 69.5 Å². The summed E-state index contributed by atoms with van der Waals surface area (Å²) in [6.45, 7) is 7.56. The van der Waals surface area contributed by atoms with Crippen molar-refractivity contribution < 1.29 is 4.79 Å². The Morgan fingerprint density at radius 1 is 1.03 bits per heavy atom. The predicted octanol–water partition coefficient (Wildman–Crippen LogP) is 8.04. The molecule has 0 aliphatic carbocycles. The Hall–Kier alpha value is -2.37. The van der Waals surface area contributed by atoms with Crippen LogP contribution in [0.1, 0.15) is 45.5 Å². The molecule has 4 N–H and O–H groups in total. The van der Waals surface area contributed by atoms with Gasteiger partial charge in [0.15, 0.2) is 10.9 Å². The second-order valence-corrected chi connectivity index (χ2v) is 9.93. The highest BCUT2D eigenvalue weighted by Gasteiger charge is 2.07. The van der Waals surface area contributed by atoms with E-state index in [1.165, 1.54) is 11.3 Å². The first-order valence-electron chi connectivity index (χ1n) is 10.4. The maximum absolute atomic E-state index is 11.1. The van der Waals surface area contributed by atoms with Crippen LogP contribution >= 0.6 is 62.7 Å². The summed E-state index contributed by atoms with van der Waals surface area (Å²) in [5.74, 6) is 0.00981. The van der Waals surface area contributed by atoms with Gasteiger partial charge in [-0.2, -0.15) is 10.2 Å². The van der Waals surface area contributed by atoms with Crippen molar-refractivity contribution in [2.45, 2.75) is 35.1 Å². The molecule has 7 nitrogen and oxygen atoms in total. The van der Waals surface area contributed by atoms with E-state index in [4.69, 9.17) is 28.9 Å². The van der Waals surface area contributed by atoms with Crippen molar-refractivity contribution in [3.63, 3.8) is 0 Å². The van der Waals surface area contributed by atoms with Gasteiger partial charge in [0.25, 0.3) is 0 Å². The zero-order chi connectivity index (χ0) is 27.1. The molecule has 0 fully saturated rings. The van der Waals surface area contributed by atoms with Gasteiger partial charge in [-0.1, -0.05) is 76.9 Å². The summed E-state index contributed by atoms with van der Waals surface area (Å²) in [5, 5.41) is 12.3. The van der Waals surface area contributed by atoms with Crippen LogP contribution in [0.3, 0.4) is 0 Å². The average molecular weight is 647 g/mol. The molecule has 0 aliphatic rings. The molecule has 0 atom stereocenters. The number of ketones is 1. The molecule has 3 aromatic rings. The number of halogens is 3. The number of carbonyl (C=O) groups excluding carboxylic acids is 1. The molecule has 2 aromatic carbocycles. The molecule has 200 valence electrons. The van der Waals surface area contributed by atoms with Crippen molar-refractivity contribution in [1.29, 1.82) is 0 Å². The Labute approximate surface area is 246 Å². The third-order valence-corrected chi connectivity index (χ3v) is 5.72. The number of carbonyl (C=O) groups is 1. The minimum absolute atomic E-state index is 0. The molecule has 0 unspecified atom stereocenters. The van der Waals surface area contributed by atoms with Crippen LogP contribution in [0.4, 0.5) is 5.13 Å². The van der Waals surface area contributed by atoms with Gasteiger partial charge in [0.1, 0.15) is 0 Å². The molecule has 0 bridgehead atoms. The number of hydrazone groups is 2. The fourth-order valence-electron chi connectivity index (χ4n) is 2.20. The lowest BCUT2D eigenvalue weighted by atomic mass is 10.1. The minimum atomic E-state index is 0. The van der Waals surface area contributed by atoms with Gasteiger partial charge in [0.05, 0.1) is 16.0 Å². The third-order valence-electron chi connectivity index (χ3n) is 3.71. The number of nitrogens with one attached hydrogen (secondary N) is 2. The Balaban J connectivity index is 0.000000563. The van der Waals surface area contributed by atoms with Gasteiger partial charge in [-0.25, -0.2) is 4.98 Å². The van der Waals surface area contributed by atoms with Crippen LogP contribution in [0.15, 0.2) is 64.1 Å². The summed E-state index contributed by atoms with van der Waals surface area (Å²) in [5.41, 5.74) is 14.6. The number of aromatic nitrogens is 1. The van der Waals surface area contributed by atoms with Gasteiger partial charge in [-0.3, -0.25) is 15.6 Å². The first kappa shape index (κ1) is 34.6. The molecule has 1 heterocycles. The van der Waals surface area contributed by atoms with Crippen LogP contribution < -0.4 is 16.6 Å². The molecule has 3 rings (SSSR count). The van der Waals surface area contributed by atoms with Crippen LogP contribution in [0, 0.1) is 0 Å². The second-order valence-electron chi connectivity index (χ2n) is 7.26. The standard InChI is InChI=1S/C12H12ClN3S.C8H6BrClO.C4H9N3S.CH4/c1-8(2)15-16-12-14-11(7-17-12)9-5-3-4-6-10(9)13;9-5-8(11)6-3-1-2-4-7(6)10;1-3(2)6-7-4(5)8;/h3-7H,1-2H3,(H,14,16);1-4H,5H2;1-2H3,(H3,5,7,8);1H4. The van der Waals surface area contributed by atoms with E-state index in [0.717, 1.165) is 27.8 Å². The number of thiazole rings is 1. The Kier molecular flexibility index (Phi) is 17.6. The summed E-state index contributed by atoms with van der Waals surface area (Å²) in [7, 11) is 0. The highest BCUT2D eigenvalue weighted by Crippen LogP contribution is 2.30. The third kappa shape index (κ3) is 14.2. The van der Waals surface area contributed by atoms with Crippen molar-refractivity contribution in [2.24, 2.45) is 15.9 Å². The number of anilines is 1. The van der Waals surface area contributed by atoms with Gasteiger partial charge >= 0.3 is 0 Å². The second kappa shape index (κ2) is 18.8. The summed E-state index contributed by atoms with van der Waals surface area (Å²) in [4.78, 5) is 15.5. The molecular formula is C25H31BrCl2N6OS2.